The topological polar surface area (TPSA) is 29.5 Å². The van der Waals surface area contributed by atoms with Crippen LogP contribution < -0.4 is 4.74 Å². The zero-order valence-electron chi connectivity index (χ0n) is 8.35. The first-order valence-electron chi connectivity index (χ1n) is 4.66. The maximum atomic E-state index is 10.3. The molecule has 0 unspecified atom stereocenters. The Morgan fingerprint density at radius 2 is 2.07 bits per heavy atom. The summed E-state index contributed by atoms with van der Waals surface area (Å²) in [5.74, 6) is 0.876. The molecule has 0 atom stereocenters. The highest BCUT2D eigenvalue weighted by Crippen LogP contribution is 2.08. The van der Waals surface area contributed by atoms with Crippen LogP contribution in [0.2, 0.25) is 0 Å². The van der Waals surface area contributed by atoms with Crippen molar-refractivity contribution in [1.29, 1.82) is 0 Å². The molecule has 0 saturated carbocycles. The van der Waals surface area contributed by atoms with E-state index in [1.165, 1.54) is 0 Å². The summed E-state index contributed by atoms with van der Waals surface area (Å²) in [4.78, 5) is 11.9. The first kappa shape index (κ1) is 10.6. The second kappa shape index (κ2) is 6.02. The van der Waals surface area contributed by atoms with Gasteiger partial charge in [-0.3, -0.25) is 4.79 Å². The van der Waals surface area contributed by atoms with Crippen molar-refractivity contribution in [3.05, 3.63) is 30.3 Å². The maximum absolute atomic E-state index is 10.3. The molecule has 0 spiro atoms. The Labute approximate surface area is 84.3 Å². The van der Waals surface area contributed by atoms with Crippen molar-refractivity contribution in [2.45, 2.75) is 6.42 Å². The first-order chi connectivity index (χ1) is 6.83. The van der Waals surface area contributed by atoms with E-state index in [2.05, 4.69) is 0 Å². The average molecular weight is 193 g/mol. The number of carbonyl (C=O) groups excluding carboxylic acids is 1. The number of para-hydroxylation sites is 1. The fourth-order valence-electron chi connectivity index (χ4n) is 1.07. The van der Waals surface area contributed by atoms with Gasteiger partial charge < -0.3 is 9.64 Å². The summed E-state index contributed by atoms with van der Waals surface area (Å²) in [5.41, 5.74) is 0. The molecule has 1 aromatic rings. The highest BCUT2D eigenvalue weighted by Gasteiger charge is 1.94. The van der Waals surface area contributed by atoms with Gasteiger partial charge in [0.25, 0.3) is 0 Å². The second-order valence-electron chi connectivity index (χ2n) is 3.10. The second-order valence-corrected chi connectivity index (χ2v) is 3.10. The van der Waals surface area contributed by atoms with Gasteiger partial charge in [0, 0.05) is 13.6 Å². The highest BCUT2D eigenvalue weighted by molar-refractivity contribution is 5.46. The number of carbonyl (C=O) groups is 1. The zero-order valence-corrected chi connectivity index (χ0v) is 8.35. The Morgan fingerprint density at radius 3 is 2.71 bits per heavy atom. The largest absolute Gasteiger partial charge is 0.494 e. The lowest BCUT2D eigenvalue weighted by atomic mass is 10.3. The van der Waals surface area contributed by atoms with Crippen molar-refractivity contribution in [1.82, 2.24) is 4.90 Å². The van der Waals surface area contributed by atoms with Gasteiger partial charge in [0.2, 0.25) is 6.41 Å². The summed E-state index contributed by atoms with van der Waals surface area (Å²) in [7, 11) is 1.76. The third-order valence-electron chi connectivity index (χ3n) is 1.85. The zero-order chi connectivity index (χ0) is 10.2. The Kier molecular flexibility index (Phi) is 4.55. The van der Waals surface area contributed by atoms with E-state index in [0.717, 1.165) is 25.1 Å². The molecule has 3 heteroatoms. The number of ether oxygens (including phenoxy) is 1. The van der Waals surface area contributed by atoms with Crippen LogP contribution in [0.4, 0.5) is 0 Å². The number of hydrogen-bond acceptors (Lipinski definition) is 2. The van der Waals surface area contributed by atoms with Gasteiger partial charge in [-0.25, -0.2) is 0 Å². The molecule has 14 heavy (non-hydrogen) atoms. The van der Waals surface area contributed by atoms with Gasteiger partial charge in [0.05, 0.1) is 6.61 Å². The third-order valence-corrected chi connectivity index (χ3v) is 1.85. The summed E-state index contributed by atoms with van der Waals surface area (Å²) < 4.78 is 5.46. The van der Waals surface area contributed by atoms with Crippen molar-refractivity contribution in [2.24, 2.45) is 0 Å². The summed E-state index contributed by atoms with van der Waals surface area (Å²) in [6.07, 6.45) is 1.67. The Hall–Kier alpha value is -1.51. The summed E-state index contributed by atoms with van der Waals surface area (Å²) in [6, 6.07) is 9.67. The Balaban J connectivity index is 2.13. The lowest BCUT2D eigenvalue weighted by Crippen LogP contribution is -2.18. The minimum Gasteiger partial charge on any atom is -0.494 e. The third kappa shape index (κ3) is 3.94. The number of hydrogen-bond donors (Lipinski definition) is 0. The number of amides is 1. The lowest BCUT2D eigenvalue weighted by Gasteiger charge is -2.10. The van der Waals surface area contributed by atoms with Crippen LogP contribution in [0.1, 0.15) is 6.42 Å². The predicted octanol–water partition coefficient (Wildman–Crippen LogP) is 1.54. The molecular formula is C11H15NO2. The van der Waals surface area contributed by atoms with Crippen molar-refractivity contribution in [2.75, 3.05) is 20.2 Å². The fourth-order valence-corrected chi connectivity index (χ4v) is 1.07. The smallest absolute Gasteiger partial charge is 0.209 e. The average Bonchev–Trinajstić information content (AvgIpc) is 2.25. The van der Waals surface area contributed by atoms with E-state index in [1.807, 2.05) is 30.3 Å². The van der Waals surface area contributed by atoms with E-state index in [9.17, 15) is 4.79 Å². The SMILES string of the molecule is CN(C=O)CCCOc1ccccc1. The number of rotatable bonds is 6. The fraction of sp³-hybridized carbons (Fsp3) is 0.364. The molecule has 1 rings (SSSR count). The first-order valence-corrected chi connectivity index (χ1v) is 4.66. The predicted molar refractivity (Wildman–Crippen MR) is 55.2 cm³/mol. The van der Waals surface area contributed by atoms with Gasteiger partial charge in [0.1, 0.15) is 5.75 Å². The molecule has 0 N–H and O–H groups in total. The summed E-state index contributed by atoms with van der Waals surface area (Å²) in [5, 5.41) is 0. The molecule has 3 nitrogen and oxygen atoms in total. The van der Waals surface area contributed by atoms with Crippen LogP contribution in [0.25, 0.3) is 0 Å². The van der Waals surface area contributed by atoms with E-state index in [4.69, 9.17) is 4.74 Å². The van der Waals surface area contributed by atoms with Gasteiger partial charge in [-0.1, -0.05) is 18.2 Å². The van der Waals surface area contributed by atoms with Crippen LogP contribution in [0.15, 0.2) is 30.3 Å². The van der Waals surface area contributed by atoms with Crippen LogP contribution >= 0.6 is 0 Å². The maximum Gasteiger partial charge on any atom is 0.209 e. The Bertz CT molecular complexity index is 261. The van der Waals surface area contributed by atoms with E-state index in [1.54, 1.807) is 11.9 Å². The minimum absolute atomic E-state index is 0.641. The van der Waals surface area contributed by atoms with Crippen LogP contribution in [0.5, 0.6) is 5.75 Å². The van der Waals surface area contributed by atoms with Gasteiger partial charge in [0.15, 0.2) is 0 Å². The lowest BCUT2D eigenvalue weighted by molar-refractivity contribution is -0.117. The monoisotopic (exact) mass is 193 g/mol. The number of benzene rings is 1. The van der Waals surface area contributed by atoms with Crippen molar-refractivity contribution < 1.29 is 9.53 Å². The molecule has 76 valence electrons. The van der Waals surface area contributed by atoms with Crippen LogP contribution in [0.3, 0.4) is 0 Å². The van der Waals surface area contributed by atoms with Gasteiger partial charge in [-0.15, -0.1) is 0 Å². The molecule has 0 aliphatic rings. The molecule has 1 amide bonds. The molecule has 0 aromatic heterocycles. The normalized spacial score (nSPS) is 9.50. The summed E-state index contributed by atoms with van der Waals surface area (Å²) in [6.45, 7) is 1.37. The van der Waals surface area contributed by atoms with Gasteiger partial charge >= 0.3 is 0 Å². The Morgan fingerprint density at radius 1 is 1.36 bits per heavy atom. The quantitative estimate of drug-likeness (QED) is 0.506. The van der Waals surface area contributed by atoms with E-state index < -0.39 is 0 Å². The highest BCUT2D eigenvalue weighted by atomic mass is 16.5. The molecule has 0 bridgehead atoms. The van der Waals surface area contributed by atoms with E-state index in [-0.39, 0.29) is 0 Å². The van der Waals surface area contributed by atoms with Gasteiger partial charge in [-0.05, 0) is 18.6 Å². The van der Waals surface area contributed by atoms with Crippen LogP contribution in [0, 0.1) is 0 Å². The molecular weight excluding hydrogens is 178 g/mol. The standard InChI is InChI=1S/C11H15NO2/c1-12(10-13)8-5-9-14-11-6-3-2-4-7-11/h2-4,6-7,10H,5,8-9H2,1H3. The molecule has 0 aliphatic carbocycles. The van der Waals surface area contributed by atoms with Gasteiger partial charge in [-0.2, -0.15) is 0 Å². The summed E-state index contributed by atoms with van der Waals surface area (Å²) >= 11 is 0. The van der Waals surface area contributed by atoms with Crippen molar-refractivity contribution >= 4 is 6.41 Å². The van der Waals surface area contributed by atoms with Crippen LogP contribution in [-0.2, 0) is 4.79 Å². The minimum atomic E-state index is 0.641. The van der Waals surface area contributed by atoms with Crippen LogP contribution in [-0.4, -0.2) is 31.5 Å². The molecule has 0 aliphatic heterocycles. The molecule has 0 fully saturated rings. The van der Waals surface area contributed by atoms with E-state index >= 15 is 0 Å². The van der Waals surface area contributed by atoms with Crippen molar-refractivity contribution in [3.63, 3.8) is 0 Å². The molecule has 0 heterocycles. The molecule has 0 radical (unpaired) electrons. The van der Waals surface area contributed by atoms with Crippen molar-refractivity contribution in [3.8, 4) is 5.75 Å². The molecule has 0 saturated heterocycles. The number of nitrogens with zero attached hydrogens (tertiary/aromatic N) is 1. The van der Waals surface area contributed by atoms with E-state index in [0.29, 0.717) is 6.61 Å². The molecule has 1 aromatic carbocycles.